The molecule has 23 heavy (non-hydrogen) atoms. The first-order chi connectivity index (χ1) is 11.1. The molecule has 1 saturated heterocycles. The Morgan fingerprint density at radius 3 is 2.83 bits per heavy atom. The fourth-order valence-corrected chi connectivity index (χ4v) is 7.62. The van der Waals surface area contributed by atoms with Crippen molar-refractivity contribution in [3.63, 3.8) is 0 Å². The Kier molecular flexibility index (Phi) is 3.98. The molecule has 4 rings (SSSR count). The van der Waals surface area contributed by atoms with Crippen LogP contribution in [-0.4, -0.2) is 22.4 Å². The van der Waals surface area contributed by atoms with Gasteiger partial charge in [-0.3, -0.25) is 10.1 Å². The van der Waals surface area contributed by atoms with Crippen LogP contribution in [0, 0.1) is 13.8 Å². The first-order valence-electron chi connectivity index (χ1n) is 7.73. The van der Waals surface area contributed by atoms with Gasteiger partial charge in [-0.25, -0.2) is 4.98 Å². The summed E-state index contributed by atoms with van der Waals surface area (Å²) in [6.45, 7) is 3.94. The third-order valence-electron chi connectivity index (χ3n) is 4.31. The van der Waals surface area contributed by atoms with Crippen LogP contribution in [0.4, 0.5) is 5.13 Å². The molecule has 2 aromatic heterocycles. The van der Waals surface area contributed by atoms with Crippen molar-refractivity contribution in [2.45, 2.75) is 37.2 Å². The van der Waals surface area contributed by atoms with Gasteiger partial charge < -0.3 is 4.42 Å². The number of fused-ring (bicyclic) bond motifs is 2. The summed E-state index contributed by atoms with van der Waals surface area (Å²) >= 11 is 5.47. The molecule has 1 amide bonds. The zero-order valence-electron chi connectivity index (χ0n) is 13.1. The molecule has 2 aliphatic rings. The smallest absolute Gasteiger partial charge is 0.293 e. The highest BCUT2D eigenvalue weighted by molar-refractivity contribution is 8.20. The molecule has 0 bridgehead atoms. The zero-order valence-corrected chi connectivity index (χ0v) is 15.6. The maximum Gasteiger partial charge on any atom is 0.293 e. The van der Waals surface area contributed by atoms with Crippen LogP contribution in [0.1, 0.15) is 46.0 Å². The number of carbonyl (C=O) groups is 1. The van der Waals surface area contributed by atoms with E-state index in [2.05, 4.69) is 10.3 Å². The number of nitrogens with zero attached hydrogens (tertiary/aromatic N) is 1. The number of aryl methyl sites for hydroxylation is 2. The second kappa shape index (κ2) is 5.86. The number of thiazole rings is 1. The summed E-state index contributed by atoms with van der Waals surface area (Å²) in [5, 5.41) is 5.42. The van der Waals surface area contributed by atoms with Gasteiger partial charge in [-0.2, -0.15) is 0 Å². The minimum Gasteiger partial charge on any atom is -0.455 e. The highest BCUT2D eigenvalue weighted by Crippen LogP contribution is 2.59. The van der Waals surface area contributed by atoms with Crippen LogP contribution >= 0.6 is 34.9 Å². The lowest BCUT2D eigenvalue weighted by atomic mass is 9.94. The summed E-state index contributed by atoms with van der Waals surface area (Å²) < 4.78 is 6.11. The Morgan fingerprint density at radius 1 is 1.35 bits per heavy atom. The lowest BCUT2D eigenvalue weighted by Crippen LogP contribution is -2.21. The topological polar surface area (TPSA) is 55.1 Å². The molecule has 4 nitrogen and oxygen atoms in total. The molecule has 1 N–H and O–H groups in total. The Balaban J connectivity index is 1.68. The summed E-state index contributed by atoms with van der Waals surface area (Å²) in [5.74, 6) is 3.63. The maximum absolute atomic E-state index is 12.6. The number of rotatable bonds is 2. The van der Waals surface area contributed by atoms with E-state index in [1.807, 2.05) is 42.8 Å². The Labute approximate surface area is 147 Å². The molecule has 7 heteroatoms. The second-order valence-corrected chi connectivity index (χ2v) is 9.81. The molecule has 1 aliphatic carbocycles. The van der Waals surface area contributed by atoms with Crippen LogP contribution in [0.25, 0.3) is 0 Å². The number of furan rings is 1. The Hall–Kier alpha value is -0.920. The third-order valence-corrected chi connectivity index (χ3v) is 8.72. The first-order valence-corrected chi connectivity index (χ1v) is 10.6. The number of anilines is 1. The van der Waals surface area contributed by atoms with Gasteiger partial charge in [-0.05, 0) is 26.7 Å². The van der Waals surface area contributed by atoms with Gasteiger partial charge in [-0.1, -0.05) is 0 Å². The normalized spacial score (nSPS) is 19.0. The lowest BCUT2D eigenvalue weighted by molar-refractivity contribution is 0.0994. The summed E-state index contributed by atoms with van der Waals surface area (Å²) in [4.78, 5) is 16.9. The van der Waals surface area contributed by atoms with E-state index in [1.165, 1.54) is 34.8 Å². The number of aromatic nitrogens is 1. The molecule has 2 aromatic rings. The van der Waals surface area contributed by atoms with Crippen LogP contribution in [0.3, 0.4) is 0 Å². The van der Waals surface area contributed by atoms with E-state index >= 15 is 0 Å². The molecular weight excluding hydrogens is 348 g/mol. The summed E-state index contributed by atoms with van der Waals surface area (Å²) in [6, 6.07) is 0. The number of hydrogen-bond donors (Lipinski definition) is 1. The predicted molar refractivity (Wildman–Crippen MR) is 97.8 cm³/mol. The SMILES string of the molecule is Cc1csc(NC(=O)c2oc3c(c2C)C2(CCC3)SCCS2)n1. The third kappa shape index (κ3) is 2.62. The lowest BCUT2D eigenvalue weighted by Gasteiger charge is -2.31. The first kappa shape index (κ1) is 15.6. The van der Waals surface area contributed by atoms with Gasteiger partial charge in [0.05, 0.1) is 9.77 Å². The molecule has 0 saturated carbocycles. The van der Waals surface area contributed by atoms with Crippen molar-refractivity contribution >= 4 is 45.9 Å². The Morgan fingerprint density at radius 2 is 2.13 bits per heavy atom. The van der Waals surface area contributed by atoms with Crippen molar-refractivity contribution in [3.8, 4) is 0 Å². The molecule has 1 aliphatic heterocycles. The molecule has 122 valence electrons. The van der Waals surface area contributed by atoms with E-state index in [0.717, 1.165) is 29.9 Å². The molecule has 0 radical (unpaired) electrons. The van der Waals surface area contributed by atoms with Crippen molar-refractivity contribution in [2.75, 3.05) is 16.8 Å². The molecule has 0 unspecified atom stereocenters. The van der Waals surface area contributed by atoms with Crippen LogP contribution in [0.2, 0.25) is 0 Å². The highest BCUT2D eigenvalue weighted by Gasteiger charge is 2.45. The standard InChI is InChI=1S/C16H18N2O2S3/c1-9-8-21-15(17-9)18-14(19)13-10(2)12-11(20-13)4-3-5-16(12)22-6-7-23-16/h8H,3-7H2,1-2H3,(H,17,18,19). The monoisotopic (exact) mass is 366 g/mol. The van der Waals surface area contributed by atoms with Gasteiger partial charge in [0.15, 0.2) is 10.9 Å². The van der Waals surface area contributed by atoms with Crippen molar-refractivity contribution in [1.29, 1.82) is 0 Å². The van der Waals surface area contributed by atoms with Crippen molar-refractivity contribution in [2.24, 2.45) is 0 Å². The Bertz CT molecular complexity index is 759. The second-order valence-electron chi connectivity index (χ2n) is 5.91. The largest absolute Gasteiger partial charge is 0.455 e. The minimum atomic E-state index is -0.186. The average Bonchev–Trinajstić information content (AvgIpc) is 3.21. The number of nitrogens with one attached hydrogen (secondary N) is 1. The molecular formula is C16H18N2O2S3. The summed E-state index contributed by atoms with van der Waals surface area (Å²) in [6.07, 6.45) is 3.23. The van der Waals surface area contributed by atoms with Crippen molar-refractivity contribution in [1.82, 2.24) is 4.98 Å². The van der Waals surface area contributed by atoms with Crippen LogP contribution < -0.4 is 5.32 Å². The average molecular weight is 367 g/mol. The molecule has 1 fully saturated rings. The molecule has 0 atom stereocenters. The quantitative estimate of drug-likeness (QED) is 0.843. The van der Waals surface area contributed by atoms with Crippen molar-refractivity contribution < 1.29 is 9.21 Å². The molecule has 3 heterocycles. The zero-order chi connectivity index (χ0) is 16.0. The van der Waals surface area contributed by atoms with Crippen LogP contribution in [0.15, 0.2) is 9.80 Å². The van der Waals surface area contributed by atoms with Gasteiger partial charge in [0, 0.05) is 34.4 Å². The minimum absolute atomic E-state index is 0.109. The van der Waals surface area contributed by atoms with Gasteiger partial charge in [0.1, 0.15) is 5.76 Å². The van der Waals surface area contributed by atoms with Gasteiger partial charge in [0.25, 0.3) is 5.91 Å². The van der Waals surface area contributed by atoms with Crippen LogP contribution in [-0.2, 0) is 10.5 Å². The number of carbonyl (C=O) groups excluding carboxylic acids is 1. The van der Waals surface area contributed by atoms with Gasteiger partial charge in [-0.15, -0.1) is 34.9 Å². The maximum atomic E-state index is 12.6. The molecule has 1 spiro atoms. The van der Waals surface area contributed by atoms with Gasteiger partial charge >= 0.3 is 0 Å². The molecule has 0 aromatic carbocycles. The van der Waals surface area contributed by atoms with E-state index in [-0.39, 0.29) is 9.99 Å². The van der Waals surface area contributed by atoms with E-state index in [1.54, 1.807) is 0 Å². The van der Waals surface area contributed by atoms with Crippen LogP contribution in [0.5, 0.6) is 0 Å². The van der Waals surface area contributed by atoms with E-state index in [9.17, 15) is 4.79 Å². The number of amides is 1. The van der Waals surface area contributed by atoms with E-state index < -0.39 is 0 Å². The summed E-state index contributed by atoms with van der Waals surface area (Å²) in [5.41, 5.74) is 3.20. The predicted octanol–water partition coefficient (Wildman–Crippen LogP) is 4.57. The number of thioether (sulfide) groups is 2. The fraction of sp³-hybridized carbons (Fsp3) is 0.500. The summed E-state index contributed by atoms with van der Waals surface area (Å²) in [7, 11) is 0. The fourth-order valence-electron chi connectivity index (χ4n) is 3.38. The van der Waals surface area contributed by atoms with Crippen molar-refractivity contribution in [3.05, 3.63) is 33.7 Å². The van der Waals surface area contributed by atoms with E-state index in [0.29, 0.717) is 10.9 Å². The van der Waals surface area contributed by atoms with Gasteiger partial charge in [0.2, 0.25) is 0 Å². The number of hydrogen-bond acceptors (Lipinski definition) is 6. The highest BCUT2D eigenvalue weighted by atomic mass is 32.2. The van der Waals surface area contributed by atoms with E-state index in [4.69, 9.17) is 4.42 Å².